The summed E-state index contributed by atoms with van der Waals surface area (Å²) in [5.41, 5.74) is 9.32. The largest absolute Gasteiger partial charge is 0.387 e. The number of fused-ring (bicyclic) bond motifs is 2. The zero-order valence-electron chi connectivity index (χ0n) is 23.2. The van der Waals surface area contributed by atoms with Crippen LogP contribution >= 0.6 is 0 Å². The molecular weight excluding hydrogens is 484 g/mol. The van der Waals surface area contributed by atoms with Crippen LogP contribution in [-0.2, 0) is 4.74 Å². The highest BCUT2D eigenvalue weighted by molar-refractivity contribution is 5.57. The third kappa shape index (κ3) is 5.73. The average Bonchev–Trinajstić information content (AvgIpc) is 3.56. The van der Waals surface area contributed by atoms with Gasteiger partial charge in [0.1, 0.15) is 24.5 Å². The van der Waals surface area contributed by atoms with Crippen LogP contribution in [0.1, 0.15) is 31.2 Å². The highest BCUT2D eigenvalue weighted by atomic mass is 16.6. The van der Waals surface area contributed by atoms with Crippen molar-refractivity contribution in [1.82, 2.24) is 30.2 Å². The molecule has 7 N–H and O–H groups in total. The van der Waals surface area contributed by atoms with Crippen molar-refractivity contribution in [2.45, 2.75) is 68.6 Å². The van der Waals surface area contributed by atoms with Crippen molar-refractivity contribution >= 4 is 5.69 Å². The van der Waals surface area contributed by atoms with E-state index in [-0.39, 0.29) is 18.4 Å². The summed E-state index contributed by atoms with van der Waals surface area (Å²) in [5.74, 6) is 0.559. The van der Waals surface area contributed by atoms with Crippen LogP contribution < -0.4 is 21.7 Å². The Bertz CT molecular complexity index is 911. The van der Waals surface area contributed by atoms with Crippen molar-refractivity contribution < 1.29 is 14.9 Å². The van der Waals surface area contributed by atoms with Crippen molar-refractivity contribution in [2.75, 3.05) is 72.0 Å². The minimum Gasteiger partial charge on any atom is -0.387 e. The fourth-order valence-corrected chi connectivity index (χ4v) is 6.69. The summed E-state index contributed by atoms with van der Waals surface area (Å²) in [7, 11) is 4.10. The van der Waals surface area contributed by atoms with Gasteiger partial charge in [-0.3, -0.25) is 15.1 Å². The number of hydrogen-bond acceptors (Lipinski definition) is 11. The van der Waals surface area contributed by atoms with Crippen molar-refractivity contribution in [3.8, 4) is 0 Å². The van der Waals surface area contributed by atoms with Gasteiger partial charge < -0.3 is 36.2 Å². The molecule has 0 aromatic heterocycles. The van der Waals surface area contributed by atoms with E-state index < -0.39 is 24.5 Å². The van der Waals surface area contributed by atoms with E-state index in [1.54, 1.807) is 0 Å². The van der Waals surface area contributed by atoms with Crippen LogP contribution in [0.3, 0.4) is 0 Å². The Morgan fingerprint density at radius 3 is 2.84 bits per heavy atom. The molecule has 0 spiro atoms. The first-order chi connectivity index (χ1) is 18.4. The number of rotatable bonds is 11. The lowest BCUT2D eigenvalue weighted by molar-refractivity contribution is -0.111. The van der Waals surface area contributed by atoms with Crippen LogP contribution in [0.25, 0.3) is 0 Å². The average molecular weight is 533 g/mol. The molecule has 3 saturated heterocycles. The number of nitrogens with zero attached hydrogens (tertiary/aromatic N) is 4. The first-order valence-corrected chi connectivity index (χ1v) is 14.3. The van der Waals surface area contributed by atoms with Crippen molar-refractivity contribution in [2.24, 2.45) is 5.73 Å². The van der Waals surface area contributed by atoms with E-state index in [1.807, 2.05) is 7.05 Å². The number of nitrogens with one attached hydrogen (secondary N) is 3. The van der Waals surface area contributed by atoms with Gasteiger partial charge in [-0.1, -0.05) is 25.1 Å². The van der Waals surface area contributed by atoms with Gasteiger partial charge in [-0.05, 0) is 45.1 Å². The molecule has 0 bridgehead atoms. The van der Waals surface area contributed by atoms with E-state index in [0.29, 0.717) is 25.8 Å². The topological polar surface area (TPSA) is 125 Å². The molecule has 0 saturated carbocycles. The Morgan fingerprint density at radius 1 is 1.21 bits per heavy atom. The molecule has 11 nitrogen and oxygen atoms in total. The number of aliphatic hydroxyl groups excluding tert-OH is 2. The van der Waals surface area contributed by atoms with Crippen molar-refractivity contribution in [1.29, 1.82) is 0 Å². The Balaban J connectivity index is 1.06. The number of likely N-dealkylation sites (N-methyl/N-ethyl adjacent to an activating group) is 2. The zero-order valence-corrected chi connectivity index (χ0v) is 23.2. The lowest BCUT2D eigenvalue weighted by Crippen LogP contribution is -2.69. The predicted octanol–water partition coefficient (Wildman–Crippen LogP) is -0.989. The summed E-state index contributed by atoms with van der Waals surface area (Å²) in [4.78, 5) is 8.77. The molecule has 214 valence electrons. The molecule has 11 heteroatoms. The highest BCUT2D eigenvalue weighted by Crippen LogP contribution is 2.34. The molecule has 0 radical (unpaired) electrons. The highest BCUT2D eigenvalue weighted by Gasteiger charge is 2.54. The van der Waals surface area contributed by atoms with Gasteiger partial charge >= 0.3 is 0 Å². The third-order valence-electron chi connectivity index (χ3n) is 8.80. The Morgan fingerprint density at radius 2 is 2.03 bits per heavy atom. The van der Waals surface area contributed by atoms with E-state index in [9.17, 15) is 10.2 Å². The number of benzene rings is 1. The summed E-state index contributed by atoms with van der Waals surface area (Å²) in [6.07, 6.45) is -0.873. The van der Waals surface area contributed by atoms with E-state index in [1.165, 1.54) is 11.3 Å². The van der Waals surface area contributed by atoms with E-state index in [0.717, 1.165) is 45.6 Å². The quantitative estimate of drug-likeness (QED) is 0.197. The number of para-hydroxylation sites is 1. The van der Waals surface area contributed by atoms with Gasteiger partial charge in [0.15, 0.2) is 0 Å². The normalized spacial score (nSPS) is 36.1. The fraction of sp³-hybridized carbons (Fsp3) is 0.778. The zero-order chi connectivity index (χ0) is 26.8. The summed E-state index contributed by atoms with van der Waals surface area (Å²) in [6.45, 7) is 8.67. The second kappa shape index (κ2) is 12.4. The smallest absolute Gasteiger partial charge is 0.142 e. The molecule has 0 amide bonds. The Kier molecular flexibility index (Phi) is 9.21. The van der Waals surface area contributed by atoms with Crippen LogP contribution in [0.4, 0.5) is 5.69 Å². The van der Waals surface area contributed by atoms with Gasteiger partial charge in [-0.2, -0.15) is 0 Å². The van der Waals surface area contributed by atoms with E-state index in [2.05, 4.69) is 73.8 Å². The van der Waals surface area contributed by atoms with Gasteiger partial charge in [-0.25, -0.2) is 4.90 Å². The molecule has 8 atom stereocenters. The summed E-state index contributed by atoms with van der Waals surface area (Å²) < 4.78 is 6.31. The second-order valence-corrected chi connectivity index (χ2v) is 11.5. The van der Waals surface area contributed by atoms with Crippen LogP contribution in [0.2, 0.25) is 0 Å². The minimum absolute atomic E-state index is 0.0299. The first kappa shape index (κ1) is 28.2. The molecule has 3 fully saturated rings. The van der Waals surface area contributed by atoms with Gasteiger partial charge in [0.05, 0.1) is 31.7 Å². The molecule has 1 aromatic rings. The van der Waals surface area contributed by atoms with Gasteiger partial charge in [-0.15, -0.1) is 0 Å². The van der Waals surface area contributed by atoms with E-state index in [4.69, 9.17) is 10.5 Å². The van der Waals surface area contributed by atoms with Crippen molar-refractivity contribution in [3.63, 3.8) is 0 Å². The maximum absolute atomic E-state index is 11.0. The molecule has 5 rings (SSSR count). The molecule has 4 unspecified atom stereocenters. The number of anilines is 1. The lowest BCUT2D eigenvalue weighted by atomic mass is 9.98. The summed E-state index contributed by atoms with van der Waals surface area (Å²) >= 11 is 0. The standard InChI is InChI=1S/C27H48N8O3/c1-4-12-34-16-31-26-22(25(34)28)33(3)17-35(26)27-24(37)23(36)21(38-27)15-32(2)13-11-29-10-9-18-14-30-20-8-6-5-7-19(18)20/h5-8,18,21-27,29-31,36-37H,4,9-17,28H2,1-3H3/t18?,21-,22?,23-,24-,25?,26?,27-/m1/s1. The second-order valence-electron chi connectivity index (χ2n) is 11.5. The molecular formula is C27H48N8O3. The van der Waals surface area contributed by atoms with Gasteiger partial charge in [0.2, 0.25) is 0 Å². The molecule has 0 aliphatic carbocycles. The molecule has 4 heterocycles. The first-order valence-electron chi connectivity index (χ1n) is 14.3. The summed E-state index contributed by atoms with van der Waals surface area (Å²) in [5, 5.41) is 32.5. The SMILES string of the molecule is CCCN1CNC2C(C1N)N(C)CN2[C@@H]1O[C@H](CN(C)CCNCCC2CNc3ccccc32)[C@@H](O)[C@H]1O. The number of aliphatic hydroxyl groups is 2. The maximum atomic E-state index is 11.0. The summed E-state index contributed by atoms with van der Waals surface area (Å²) in [6, 6.07) is 8.66. The number of hydrogen-bond donors (Lipinski definition) is 6. The fourth-order valence-electron chi connectivity index (χ4n) is 6.69. The lowest BCUT2D eigenvalue weighted by Gasteiger charge is -2.45. The Labute approximate surface area is 227 Å². The number of ether oxygens (including phenoxy) is 1. The predicted molar refractivity (Wildman–Crippen MR) is 148 cm³/mol. The van der Waals surface area contributed by atoms with Gasteiger partial charge in [0.25, 0.3) is 0 Å². The molecule has 38 heavy (non-hydrogen) atoms. The Hall–Kier alpha value is -1.38. The van der Waals surface area contributed by atoms with Crippen LogP contribution in [-0.4, -0.2) is 139 Å². The monoisotopic (exact) mass is 532 g/mol. The minimum atomic E-state index is -0.965. The number of nitrogens with two attached hydrogens (primary N) is 1. The third-order valence-corrected chi connectivity index (χ3v) is 8.80. The van der Waals surface area contributed by atoms with Crippen LogP contribution in [0.15, 0.2) is 24.3 Å². The van der Waals surface area contributed by atoms with Crippen LogP contribution in [0, 0.1) is 0 Å². The molecule has 4 aliphatic heterocycles. The maximum Gasteiger partial charge on any atom is 0.142 e. The van der Waals surface area contributed by atoms with Crippen molar-refractivity contribution in [3.05, 3.63) is 29.8 Å². The molecule has 1 aromatic carbocycles. The van der Waals surface area contributed by atoms with Gasteiger partial charge in [0, 0.05) is 44.3 Å². The molecule has 4 aliphatic rings. The van der Waals surface area contributed by atoms with Crippen LogP contribution in [0.5, 0.6) is 0 Å². The van der Waals surface area contributed by atoms with E-state index >= 15 is 0 Å².